The van der Waals surface area contributed by atoms with Gasteiger partial charge in [0.2, 0.25) is 0 Å². The molecule has 3 rings (SSSR count). The van der Waals surface area contributed by atoms with E-state index in [-0.39, 0.29) is 42.1 Å². The first-order valence-electron chi connectivity index (χ1n) is 23.3. The Labute approximate surface area is 346 Å². The summed E-state index contributed by atoms with van der Waals surface area (Å²) in [6, 6.07) is 0. The lowest BCUT2D eigenvalue weighted by Gasteiger charge is -2.35. The molecule has 3 aliphatic rings. The van der Waals surface area contributed by atoms with Gasteiger partial charge < -0.3 is 19.1 Å². The SMILES string of the molecule is CCCCCCC(CSCCCCCC(CCCCCSCC(CC)OC(=O)CCC1CCCCC1)OC(=O)C1CN(C)C1)OC(=O)CCC1CCCCC1. The van der Waals surface area contributed by atoms with Gasteiger partial charge in [-0.3, -0.25) is 14.4 Å². The second-order valence-corrected chi connectivity index (χ2v) is 19.7. The highest BCUT2D eigenvalue weighted by Gasteiger charge is 2.32. The van der Waals surface area contributed by atoms with Crippen LogP contribution in [0, 0.1) is 17.8 Å². The molecular weight excluding hydrogens is 727 g/mol. The zero-order chi connectivity index (χ0) is 39.4. The molecular formula is C46H83NO6S2. The van der Waals surface area contributed by atoms with Crippen molar-refractivity contribution in [1.82, 2.24) is 4.90 Å². The van der Waals surface area contributed by atoms with Crippen molar-refractivity contribution >= 4 is 41.4 Å². The normalized spacial score (nSPS) is 19.0. The smallest absolute Gasteiger partial charge is 0.311 e. The van der Waals surface area contributed by atoms with E-state index in [1.165, 1.54) is 83.5 Å². The average Bonchev–Trinajstić information content (AvgIpc) is 3.18. The maximum absolute atomic E-state index is 12.9. The van der Waals surface area contributed by atoms with Crippen LogP contribution in [0.2, 0.25) is 0 Å². The van der Waals surface area contributed by atoms with E-state index in [2.05, 4.69) is 25.8 Å². The van der Waals surface area contributed by atoms with Crippen molar-refractivity contribution < 1.29 is 28.6 Å². The van der Waals surface area contributed by atoms with Crippen LogP contribution in [-0.2, 0) is 28.6 Å². The summed E-state index contributed by atoms with van der Waals surface area (Å²) in [6.07, 6.45) is 31.6. The summed E-state index contributed by atoms with van der Waals surface area (Å²) < 4.78 is 18.0. The Morgan fingerprint density at radius 3 is 1.55 bits per heavy atom. The van der Waals surface area contributed by atoms with Crippen molar-refractivity contribution in [3.63, 3.8) is 0 Å². The van der Waals surface area contributed by atoms with E-state index in [0.717, 1.165) is 131 Å². The molecule has 2 aliphatic carbocycles. The average molecular weight is 810 g/mol. The molecule has 0 spiro atoms. The van der Waals surface area contributed by atoms with Crippen molar-refractivity contribution in [2.75, 3.05) is 43.1 Å². The van der Waals surface area contributed by atoms with E-state index >= 15 is 0 Å². The maximum atomic E-state index is 12.9. The van der Waals surface area contributed by atoms with Gasteiger partial charge in [-0.15, -0.1) is 0 Å². The molecule has 0 N–H and O–H groups in total. The Morgan fingerprint density at radius 1 is 0.582 bits per heavy atom. The highest BCUT2D eigenvalue weighted by atomic mass is 32.2. The van der Waals surface area contributed by atoms with Crippen LogP contribution in [0.1, 0.15) is 194 Å². The largest absolute Gasteiger partial charge is 0.462 e. The van der Waals surface area contributed by atoms with Crippen LogP contribution in [0.15, 0.2) is 0 Å². The van der Waals surface area contributed by atoms with Crippen molar-refractivity contribution in [1.29, 1.82) is 0 Å². The summed E-state index contributed by atoms with van der Waals surface area (Å²) in [4.78, 5) is 40.3. The molecule has 320 valence electrons. The number of carbonyl (C=O) groups excluding carboxylic acids is 3. The Morgan fingerprint density at radius 2 is 1.05 bits per heavy atom. The molecule has 0 aromatic carbocycles. The molecule has 1 heterocycles. The third kappa shape index (κ3) is 23.3. The predicted octanol–water partition coefficient (Wildman–Crippen LogP) is 12.0. The van der Waals surface area contributed by atoms with Gasteiger partial charge in [0.1, 0.15) is 18.3 Å². The number of thioether (sulfide) groups is 2. The standard InChI is InChI=1S/C46H83NO6S2/c1-4-6-7-16-27-43(52-45(49)31-29-39-23-14-9-15-24-39)37-55-33-20-11-18-26-42(53-46(50)40-34-47(3)35-40)25-17-10-19-32-54-36-41(5-2)51-44(48)30-28-38-21-12-8-13-22-38/h38-43H,4-37H2,1-3H3. The van der Waals surface area contributed by atoms with E-state index < -0.39 is 0 Å². The monoisotopic (exact) mass is 810 g/mol. The maximum Gasteiger partial charge on any atom is 0.311 e. The van der Waals surface area contributed by atoms with Crippen LogP contribution in [0.3, 0.4) is 0 Å². The van der Waals surface area contributed by atoms with Crippen LogP contribution >= 0.6 is 23.5 Å². The van der Waals surface area contributed by atoms with Gasteiger partial charge in [-0.1, -0.05) is 110 Å². The third-order valence-electron chi connectivity index (χ3n) is 12.3. The highest BCUT2D eigenvalue weighted by Crippen LogP contribution is 2.29. The molecule has 1 saturated heterocycles. The fourth-order valence-corrected chi connectivity index (χ4v) is 10.8. The quantitative estimate of drug-likeness (QED) is 0.0375. The number of likely N-dealkylation sites (tertiary alicyclic amines) is 1. The molecule has 2 saturated carbocycles. The Bertz CT molecular complexity index is 997. The molecule has 3 unspecified atom stereocenters. The minimum absolute atomic E-state index is 0.00799. The number of esters is 3. The second kappa shape index (κ2) is 31.1. The molecule has 0 radical (unpaired) electrons. The topological polar surface area (TPSA) is 82.1 Å². The van der Waals surface area contributed by atoms with E-state index in [1.54, 1.807) is 0 Å². The molecule has 0 amide bonds. The summed E-state index contributed by atoms with van der Waals surface area (Å²) >= 11 is 3.85. The summed E-state index contributed by atoms with van der Waals surface area (Å²) in [6.45, 7) is 5.98. The molecule has 9 heteroatoms. The Kier molecular flexibility index (Phi) is 27.3. The fourth-order valence-electron chi connectivity index (χ4n) is 8.60. The fraction of sp³-hybridized carbons (Fsp3) is 0.935. The lowest BCUT2D eigenvalue weighted by molar-refractivity contribution is -0.160. The predicted molar refractivity (Wildman–Crippen MR) is 233 cm³/mol. The number of ether oxygens (including phenoxy) is 3. The third-order valence-corrected chi connectivity index (χ3v) is 14.7. The van der Waals surface area contributed by atoms with Crippen molar-refractivity contribution in [3.05, 3.63) is 0 Å². The number of rotatable bonds is 32. The highest BCUT2D eigenvalue weighted by molar-refractivity contribution is 7.99. The molecule has 0 aromatic heterocycles. The number of unbranched alkanes of at least 4 members (excludes halogenated alkanes) is 7. The minimum atomic E-state index is -0.00887. The molecule has 3 atom stereocenters. The van der Waals surface area contributed by atoms with Crippen molar-refractivity contribution in [2.45, 2.75) is 212 Å². The van der Waals surface area contributed by atoms with Crippen LogP contribution in [0.5, 0.6) is 0 Å². The van der Waals surface area contributed by atoms with Crippen LogP contribution in [-0.4, -0.2) is 84.3 Å². The molecule has 3 fully saturated rings. The first kappa shape index (κ1) is 48.4. The van der Waals surface area contributed by atoms with Gasteiger partial charge in [0.25, 0.3) is 0 Å². The zero-order valence-electron chi connectivity index (χ0n) is 35.7. The van der Waals surface area contributed by atoms with E-state index in [1.807, 2.05) is 23.5 Å². The molecule has 0 bridgehead atoms. The van der Waals surface area contributed by atoms with Crippen molar-refractivity contribution in [2.24, 2.45) is 17.8 Å². The summed E-state index contributed by atoms with van der Waals surface area (Å²) in [5, 5.41) is 0. The minimum Gasteiger partial charge on any atom is -0.462 e. The number of hydrogen-bond donors (Lipinski definition) is 0. The Balaban J connectivity index is 1.28. The lowest BCUT2D eigenvalue weighted by Crippen LogP contribution is -2.49. The van der Waals surface area contributed by atoms with E-state index in [0.29, 0.717) is 12.8 Å². The van der Waals surface area contributed by atoms with Gasteiger partial charge in [0.15, 0.2) is 0 Å². The first-order valence-corrected chi connectivity index (χ1v) is 25.6. The second-order valence-electron chi connectivity index (χ2n) is 17.4. The Hall–Kier alpha value is -0.930. The molecule has 7 nitrogen and oxygen atoms in total. The van der Waals surface area contributed by atoms with Crippen molar-refractivity contribution in [3.8, 4) is 0 Å². The number of hydrogen-bond acceptors (Lipinski definition) is 9. The summed E-state index contributed by atoms with van der Waals surface area (Å²) in [7, 11) is 2.05. The lowest BCUT2D eigenvalue weighted by atomic mass is 9.86. The van der Waals surface area contributed by atoms with Gasteiger partial charge in [-0.25, -0.2) is 0 Å². The van der Waals surface area contributed by atoms with Gasteiger partial charge in [-0.05, 0) is 101 Å². The molecule has 0 aromatic rings. The summed E-state index contributed by atoms with van der Waals surface area (Å²) in [5.41, 5.74) is 0. The first-order chi connectivity index (χ1) is 26.9. The molecule has 1 aliphatic heterocycles. The van der Waals surface area contributed by atoms with Crippen LogP contribution in [0.4, 0.5) is 0 Å². The van der Waals surface area contributed by atoms with Crippen LogP contribution < -0.4 is 0 Å². The van der Waals surface area contributed by atoms with Gasteiger partial charge in [-0.2, -0.15) is 23.5 Å². The van der Waals surface area contributed by atoms with E-state index in [4.69, 9.17) is 14.2 Å². The number of nitrogens with zero attached hydrogens (tertiary/aromatic N) is 1. The van der Waals surface area contributed by atoms with Crippen LogP contribution in [0.25, 0.3) is 0 Å². The zero-order valence-corrected chi connectivity index (χ0v) is 37.4. The van der Waals surface area contributed by atoms with Gasteiger partial charge in [0.05, 0.1) is 5.92 Å². The summed E-state index contributed by atoms with van der Waals surface area (Å²) in [5.74, 6) is 5.41. The van der Waals surface area contributed by atoms with Gasteiger partial charge >= 0.3 is 17.9 Å². The molecule has 55 heavy (non-hydrogen) atoms. The van der Waals surface area contributed by atoms with Gasteiger partial charge in [0, 0.05) is 37.4 Å². The van der Waals surface area contributed by atoms with E-state index in [9.17, 15) is 14.4 Å². The number of carbonyl (C=O) groups is 3.